The molecule has 21 heavy (non-hydrogen) atoms. The van der Waals surface area contributed by atoms with Crippen LogP contribution in [0.2, 0.25) is 0 Å². The van der Waals surface area contributed by atoms with E-state index >= 15 is 0 Å². The van der Waals surface area contributed by atoms with Crippen LogP contribution in [0.5, 0.6) is 5.75 Å². The van der Waals surface area contributed by atoms with Crippen molar-refractivity contribution in [2.75, 3.05) is 7.11 Å². The van der Waals surface area contributed by atoms with E-state index in [1.807, 2.05) is 31.2 Å². The largest absolute Gasteiger partial charge is 0.497 e. The fraction of sp³-hybridized carbons (Fsp3) is 0.214. The SMILES string of the molecule is COc1cccc(-c2noc(-c3sc(CN)nc3C)n2)c1. The average molecular weight is 302 g/mol. The van der Waals surface area contributed by atoms with Gasteiger partial charge < -0.3 is 15.0 Å². The maximum absolute atomic E-state index is 5.61. The number of aryl methyl sites for hydroxylation is 1. The lowest BCUT2D eigenvalue weighted by molar-refractivity contribution is 0.414. The molecule has 0 aliphatic carbocycles. The number of aromatic nitrogens is 3. The molecule has 0 saturated heterocycles. The van der Waals surface area contributed by atoms with E-state index in [0.29, 0.717) is 18.3 Å². The molecule has 0 fully saturated rings. The second-order valence-electron chi connectivity index (χ2n) is 4.38. The van der Waals surface area contributed by atoms with E-state index in [9.17, 15) is 0 Å². The molecule has 7 heteroatoms. The first-order chi connectivity index (χ1) is 10.2. The fourth-order valence-electron chi connectivity index (χ4n) is 1.93. The summed E-state index contributed by atoms with van der Waals surface area (Å²) < 4.78 is 10.5. The molecule has 2 heterocycles. The maximum atomic E-state index is 5.61. The Morgan fingerprint density at radius 1 is 1.33 bits per heavy atom. The summed E-state index contributed by atoms with van der Waals surface area (Å²) in [6, 6.07) is 7.52. The number of hydrogen-bond donors (Lipinski definition) is 1. The third kappa shape index (κ3) is 2.65. The lowest BCUT2D eigenvalue weighted by Crippen LogP contribution is -1.94. The van der Waals surface area contributed by atoms with Crippen LogP contribution in [0.3, 0.4) is 0 Å². The zero-order valence-corrected chi connectivity index (χ0v) is 12.5. The quantitative estimate of drug-likeness (QED) is 0.797. The third-order valence-corrected chi connectivity index (χ3v) is 4.13. The minimum atomic E-state index is 0.405. The van der Waals surface area contributed by atoms with Crippen LogP contribution in [0.4, 0.5) is 0 Å². The van der Waals surface area contributed by atoms with Crippen LogP contribution in [-0.4, -0.2) is 22.2 Å². The van der Waals surface area contributed by atoms with Crippen molar-refractivity contribution in [2.24, 2.45) is 5.73 Å². The smallest absolute Gasteiger partial charge is 0.270 e. The summed E-state index contributed by atoms with van der Waals surface area (Å²) in [7, 11) is 1.62. The predicted molar refractivity (Wildman–Crippen MR) is 80.0 cm³/mol. The standard InChI is InChI=1S/C14H14N4O2S/c1-8-12(21-11(7-15)16-8)14-17-13(18-20-14)9-4-3-5-10(6-9)19-2/h3-6H,7,15H2,1-2H3. The van der Waals surface area contributed by atoms with Gasteiger partial charge in [-0.05, 0) is 19.1 Å². The first kappa shape index (κ1) is 13.7. The van der Waals surface area contributed by atoms with Gasteiger partial charge in [-0.25, -0.2) is 4.98 Å². The van der Waals surface area contributed by atoms with Gasteiger partial charge in [0.1, 0.15) is 15.6 Å². The first-order valence-corrected chi connectivity index (χ1v) is 7.18. The van der Waals surface area contributed by atoms with Crippen LogP contribution in [-0.2, 0) is 6.54 Å². The molecule has 0 saturated carbocycles. The summed E-state index contributed by atoms with van der Waals surface area (Å²) >= 11 is 1.47. The third-order valence-electron chi connectivity index (χ3n) is 2.96. The second kappa shape index (κ2) is 5.63. The first-order valence-electron chi connectivity index (χ1n) is 6.36. The Hall–Kier alpha value is -2.25. The van der Waals surface area contributed by atoms with Crippen molar-refractivity contribution < 1.29 is 9.26 Å². The van der Waals surface area contributed by atoms with Crippen LogP contribution in [0.15, 0.2) is 28.8 Å². The predicted octanol–water partition coefficient (Wildman–Crippen LogP) is 2.64. The molecule has 0 aliphatic heterocycles. The number of rotatable bonds is 4. The zero-order chi connectivity index (χ0) is 14.8. The average Bonchev–Trinajstić information content (AvgIpc) is 3.13. The number of nitrogens with zero attached hydrogens (tertiary/aromatic N) is 3. The molecule has 0 aliphatic rings. The van der Waals surface area contributed by atoms with E-state index < -0.39 is 0 Å². The molecule has 3 rings (SSSR count). The van der Waals surface area contributed by atoms with E-state index in [4.69, 9.17) is 15.0 Å². The molecule has 3 aromatic rings. The van der Waals surface area contributed by atoms with Crippen LogP contribution < -0.4 is 10.5 Å². The lowest BCUT2D eigenvalue weighted by Gasteiger charge is -1.99. The van der Waals surface area contributed by atoms with Gasteiger partial charge >= 0.3 is 0 Å². The maximum Gasteiger partial charge on any atom is 0.270 e. The normalized spacial score (nSPS) is 10.8. The number of methoxy groups -OCH3 is 1. The minimum Gasteiger partial charge on any atom is -0.497 e. The monoisotopic (exact) mass is 302 g/mol. The van der Waals surface area contributed by atoms with Crippen LogP contribution >= 0.6 is 11.3 Å². The molecule has 0 spiro atoms. The van der Waals surface area contributed by atoms with E-state index in [-0.39, 0.29) is 0 Å². The molecule has 1 aromatic carbocycles. The lowest BCUT2D eigenvalue weighted by atomic mass is 10.2. The molecular formula is C14H14N4O2S. The highest BCUT2D eigenvalue weighted by Crippen LogP contribution is 2.30. The van der Waals surface area contributed by atoms with Crippen LogP contribution in [0, 0.1) is 6.92 Å². The van der Waals surface area contributed by atoms with Crippen molar-refractivity contribution in [3.05, 3.63) is 35.0 Å². The van der Waals surface area contributed by atoms with Gasteiger partial charge in [0.2, 0.25) is 5.82 Å². The van der Waals surface area contributed by atoms with E-state index in [1.54, 1.807) is 7.11 Å². The van der Waals surface area contributed by atoms with Crippen LogP contribution in [0.1, 0.15) is 10.7 Å². The van der Waals surface area contributed by atoms with Crippen LogP contribution in [0.25, 0.3) is 22.2 Å². The highest BCUT2D eigenvalue weighted by atomic mass is 32.1. The fourth-order valence-corrected chi connectivity index (χ4v) is 2.80. The van der Waals surface area contributed by atoms with Crippen molar-refractivity contribution in [1.29, 1.82) is 0 Å². The highest BCUT2D eigenvalue weighted by Gasteiger charge is 2.16. The summed E-state index contributed by atoms with van der Waals surface area (Å²) in [5.41, 5.74) is 7.29. The molecule has 0 amide bonds. The topological polar surface area (TPSA) is 87.1 Å². The molecule has 2 N–H and O–H groups in total. The Kier molecular flexibility index (Phi) is 3.68. The zero-order valence-electron chi connectivity index (χ0n) is 11.7. The van der Waals surface area contributed by atoms with Gasteiger partial charge in [-0.15, -0.1) is 11.3 Å². The Balaban J connectivity index is 1.97. The van der Waals surface area contributed by atoms with E-state index in [2.05, 4.69) is 15.1 Å². The summed E-state index contributed by atoms with van der Waals surface area (Å²) in [4.78, 5) is 9.65. The molecule has 2 aromatic heterocycles. The van der Waals surface area contributed by atoms with E-state index in [0.717, 1.165) is 26.9 Å². The van der Waals surface area contributed by atoms with Gasteiger partial charge in [0.15, 0.2) is 0 Å². The molecule has 0 atom stereocenters. The number of thiazole rings is 1. The van der Waals surface area contributed by atoms with Gasteiger partial charge in [0, 0.05) is 12.1 Å². The number of benzene rings is 1. The number of hydrogen-bond acceptors (Lipinski definition) is 7. The Morgan fingerprint density at radius 2 is 2.19 bits per heavy atom. The molecular weight excluding hydrogens is 288 g/mol. The van der Waals surface area contributed by atoms with Gasteiger partial charge in [0.25, 0.3) is 5.89 Å². The van der Waals surface area contributed by atoms with Gasteiger partial charge in [-0.1, -0.05) is 17.3 Å². The van der Waals surface area contributed by atoms with Crippen molar-refractivity contribution in [1.82, 2.24) is 15.1 Å². The van der Waals surface area contributed by atoms with Gasteiger partial charge in [0.05, 0.1) is 12.8 Å². The Labute approximate surface area is 125 Å². The summed E-state index contributed by atoms with van der Waals surface area (Å²) in [5.74, 6) is 1.73. The summed E-state index contributed by atoms with van der Waals surface area (Å²) in [5, 5.41) is 4.87. The number of ether oxygens (including phenoxy) is 1. The summed E-state index contributed by atoms with van der Waals surface area (Å²) in [6.07, 6.45) is 0. The van der Waals surface area contributed by atoms with Gasteiger partial charge in [-0.3, -0.25) is 0 Å². The molecule has 108 valence electrons. The molecule has 0 unspecified atom stereocenters. The van der Waals surface area contributed by atoms with Crippen molar-refractivity contribution >= 4 is 11.3 Å². The summed E-state index contributed by atoms with van der Waals surface area (Å²) in [6.45, 7) is 2.31. The minimum absolute atomic E-state index is 0.405. The van der Waals surface area contributed by atoms with Crippen molar-refractivity contribution in [2.45, 2.75) is 13.5 Å². The Morgan fingerprint density at radius 3 is 2.90 bits per heavy atom. The molecule has 0 bridgehead atoms. The van der Waals surface area contributed by atoms with Crippen molar-refractivity contribution in [3.8, 4) is 27.9 Å². The Bertz CT molecular complexity index is 766. The van der Waals surface area contributed by atoms with Gasteiger partial charge in [-0.2, -0.15) is 4.98 Å². The molecule has 6 nitrogen and oxygen atoms in total. The van der Waals surface area contributed by atoms with Crippen molar-refractivity contribution in [3.63, 3.8) is 0 Å². The highest BCUT2D eigenvalue weighted by molar-refractivity contribution is 7.15. The second-order valence-corrected chi connectivity index (χ2v) is 5.46. The molecule has 0 radical (unpaired) electrons. The van der Waals surface area contributed by atoms with E-state index in [1.165, 1.54) is 11.3 Å². The number of nitrogens with two attached hydrogens (primary N) is 1.